The second kappa shape index (κ2) is 8.27. The highest BCUT2D eigenvalue weighted by Crippen LogP contribution is 2.39. The molecule has 1 aromatic heterocycles. The summed E-state index contributed by atoms with van der Waals surface area (Å²) in [6, 6.07) is 21.0. The number of anilines is 1. The number of pyridine rings is 1. The van der Waals surface area contributed by atoms with Crippen LogP contribution in [0.15, 0.2) is 79.1 Å². The quantitative estimate of drug-likeness (QED) is 0.713. The van der Waals surface area contributed by atoms with Crippen molar-refractivity contribution in [3.63, 3.8) is 0 Å². The summed E-state index contributed by atoms with van der Waals surface area (Å²) in [6.45, 7) is 0.584. The van der Waals surface area contributed by atoms with Crippen LogP contribution in [0.4, 0.5) is 5.69 Å². The second-order valence-electron chi connectivity index (χ2n) is 6.49. The maximum absolute atomic E-state index is 12.4. The molecule has 1 fully saturated rings. The van der Waals surface area contributed by atoms with Crippen molar-refractivity contribution < 1.29 is 9.59 Å². The summed E-state index contributed by atoms with van der Waals surface area (Å²) >= 11 is 1.62. The third-order valence-electron chi connectivity index (χ3n) is 4.54. The summed E-state index contributed by atoms with van der Waals surface area (Å²) in [5.41, 5.74) is 3.35. The fourth-order valence-electron chi connectivity index (χ4n) is 3.12. The maximum atomic E-state index is 12.4. The molecule has 4 rings (SSSR count). The number of carbonyl (C=O) groups excluding carboxylic acids is 2. The Labute approximate surface area is 167 Å². The zero-order chi connectivity index (χ0) is 19.3. The van der Waals surface area contributed by atoms with Crippen LogP contribution in [0.5, 0.6) is 0 Å². The Morgan fingerprint density at radius 3 is 2.57 bits per heavy atom. The van der Waals surface area contributed by atoms with E-state index in [0.717, 1.165) is 11.1 Å². The topological polar surface area (TPSA) is 62.3 Å². The van der Waals surface area contributed by atoms with Crippen molar-refractivity contribution in [2.75, 3.05) is 11.1 Å². The van der Waals surface area contributed by atoms with Crippen LogP contribution in [0.3, 0.4) is 0 Å². The minimum absolute atomic E-state index is 0.0388. The van der Waals surface area contributed by atoms with Gasteiger partial charge in [-0.3, -0.25) is 14.6 Å². The highest BCUT2D eigenvalue weighted by molar-refractivity contribution is 8.00. The predicted octanol–water partition coefficient (Wildman–Crippen LogP) is 4.11. The van der Waals surface area contributed by atoms with Crippen molar-refractivity contribution in [1.29, 1.82) is 0 Å². The summed E-state index contributed by atoms with van der Waals surface area (Å²) < 4.78 is 0. The highest BCUT2D eigenvalue weighted by atomic mass is 32.2. The Morgan fingerprint density at radius 2 is 1.86 bits per heavy atom. The number of aromatic nitrogens is 1. The van der Waals surface area contributed by atoms with E-state index in [1.165, 1.54) is 0 Å². The summed E-state index contributed by atoms with van der Waals surface area (Å²) in [6.07, 6.45) is 3.26. The first-order chi connectivity index (χ1) is 13.7. The van der Waals surface area contributed by atoms with Crippen LogP contribution in [0.2, 0.25) is 0 Å². The number of hydrogen-bond acceptors (Lipinski definition) is 4. The number of nitrogens with one attached hydrogen (secondary N) is 1. The standard InChI is InChI=1S/C22H19N3O2S/c26-20-15-28-22(25(20)14-16-5-2-1-3-6-16)18-10-8-17(9-11-18)21(27)24-19-7-4-12-23-13-19/h1-13,22H,14-15H2,(H,24,27)/t22-/m1/s1. The number of nitrogens with zero attached hydrogens (tertiary/aromatic N) is 2. The Bertz CT molecular complexity index is 962. The fourth-order valence-corrected chi connectivity index (χ4v) is 4.31. The van der Waals surface area contributed by atoms with E-state index < -0.39 is 0 Å². The van der Waals surface area contributed by atoms with Crippen molar-refractivity contribution in [2.45, 2.75) is 11.9 Å². The van der Waals surface area contributed by atoms with Gasteiger partial charge in [0.15, 0.2) is 0 Å². The van der Waals surface area contributed by atoms with Gasteiger partial charge >= 0.3 is 0 Å². The van der Waals surface area contributed by atoms with Crippen LogP contribution in [-0.4, -0.2) is 27.5 Å². The molecule has 5 nitrogen and oxygen atoms in total. The molecule has 2 aromatic carbocycles. The maximum Gasteiger partial charge on any atom is 0.255 e. The van der Waals surface area contributed by atoms with Crippen LogP contribution in [-0.2, 0) is 11.3 Å². The molecule has 0 aliphatic carbocycles. The number of benzene rings is 2. The Hall–Kier alpha value is -3.12. The lowest BCUT2D eigenvalue weighted by atomic mass is 10.1. The molecule has 1 saturated heterocycles. The van der Waals surface area contributed by atoms with E-state index in [9.17, 15) is 9.59 Å². The van der Waals surface area contributed by atoms with Gasteiger partial charge in [-0.25, -0.2) is 0 Å². The number of amides is 2. The lowest BCUT2D eigenvalue weighted by Gasteiger charge is -2.24. The molecule has 6 heteroatoms. The highest BCUT2D eigenvalue weighted by Gasteiger charge is 2.32. The number of rotatable bonds is 5. The monoisotopic (exact) mass is 389 g/mol. The van der Waals surface area contributed by atoms with E-state index in [2.05, 4.69) is 10.3 Å². The Balaban J connectivity index is 1.48. The first kappa shape index (κ1) is 18.3. The van der Waals surface area contributed by atoms with Gasteiger partial charge in [-0.2, -0.15) is 0 Å². The molecule has 0 bridgehead atoms. The van der Waals surface area contributed by atoms with Crippen LogP contribution >= 0.6 is 11.8 Å². The fraction of sp³-hybridized carbons (Fsp3) is 0.136. The van der Waals surface area contributed by atoms with Crippen molar-refractivity contribution in [3.05, 3.63) is 95.8 Å². The normalized spacial score (nSPS) is 16.2. The Morgan fingerprint density at radius 1 is 1.07 bits per heavy atom. The molecular weight excluding hydrogens is 370 g/mol. The lowest BCUT2D eigenvalue weighted by Crippen LogP contribution is -2.27. The van der Waals surface area contributed by atoms with Gasteiger partial charge in [0.1, 0.15) is 5.37 Å². The molecule has 0 saturated carbocycles. The first-order valence-corrected chi connectivity index (χ1v) is 10.0. The zero-order valence-electron chi connectivity index (χ0n) is 15.1. The van der Waals surface area contributed by atoms with Gasteiger partial charge in [-0.1, -0.05) is 42.5 Å². The van der Waals surface area contributed by atoms with Crippen molar-refractivity contribution in [1.82, 2.24) is 9.88 Å². The number of hydrogen-bond donors (Lipinski definition) is 1. The summed E-state index contributed by atoms with van der Waals surface area (Å²) in [7, 11) is 0. The number of thioether (sulfide) groups is 1. The molecule has 1 atom stereocenters. The average Bonchev–Trinajstić information content (AvgIpc) is 3.10. The van der Waals surface area contributed by atoms with Crippen LogP contribution in [0, 0.1) is 0 Å². The van der Waals surface area contributed by atoms with E-state index in [-0.39, 0.29) is 17.2 Å². The SMILES string of the molecule is O=C(Nc1cccnc1)c1ccc([C@H]2SCC(=O)N2Cc2ccccc2)cc1. The van der Waals surface area contributed by atoms with Gasteiger partial charge in [0.25, 0.3) is 5.91 Å². The molecule has 1 N–H and O–H groups in total. The van der Waals surface area contributed by atoms with Gasteiger partial charge in [0.2, 0.25) is 5.91 Å². The minimum atomic E-state index is -0.184. The van der Waals surface area contributed by atoms with Gasteiger partial charge in [-0.15, -0.1) is 11.8 Å². The molecule has 3 aromatic rings. The lowest BCUT2D eigenvalue weighted by molar-refractivity contribution is -0.128. The smallest absolute Gasteiger partial charge is 0.255 e. The molecule has 0 unspecified atom stereocenters. The second-order valence-corrected chi connectivity index (χ2v) is 7.56. The van der Waals surface area contributed by atoms with Crippen LogP contribution in [0.25, 0.3) is 0 Å². The molecule has 2 amide bonds. The summed E-state index contributed by atoms with van der Waals surface area (Å²) in [5.74, 6) is 0.425. The van der Waals surface area contributed by atoms with E-state index in [1.54, 1.807) is 48.4 Å². The summed E-state index contributed by atoms with van der Waals surface area (Å²) in [4.78, 5) is 30.7. The van der Waals surface area contributed by atoms with Crippen molar-refractivity contribution in [2.24, 2.45) is 0 Å². The van der Waals surface area contributed by atoms with Gasteiger partial charge in [-0.05, 0) is 35.4 Å². The largest absolute Gasteiger partial charge is 0.322 e. The molecule has 0 radical (unpaired) electrons. The Kier molecular flexibility index (Phi) is 5.39. The van der Waals surface area contributed by atoms with E-state index in [4.69, 9.17) is 0 Å². The first-order valence-electron chi connectivity index (χ1n) is 8.97. The molecule has 28 heavy (non-hydrogen) atoms. The molecular formula is C22H19N3O2S. The predicted molar refractivity (Wildman–Crippen MR) is 111 cm³/mol. The van der Waals surface area contributed by atoms with Crippen molar-refractivity contribution >= 4 is 29.3 Å². The van der Waals surface area contributed by atoms with Crippen LogP contribution < -0.4 is 5.32 Å². The van der Waals surface area contributed by atoms with Gasteiger partial charge < -0.3 is 10.2 Å². The third kappa shape index (κ3) is 4.07. The number of carbonyl (C=O) groups is 2. The summed E-state index contributed by atoms with van der Waals surface area (Å²) in [5, 5.41) is 2.79. The zero-order valence-corrected chi connectivity index (χ0v) is 15.9. The molecule has 2 heterocycles. The average molecular weight is 389 g/mol. The van der Waals surface area contributed by atoms with Gasteiger partial charge in [0, 0.05) is 18.3 Å². The van der Waals surface area contributed by atoms with Gasteiger partial charge in [0.05, 0.1) is 17.6 Å². The van der Waals surface area contributed by atoms with Crippen LogP contribution in [0.1, 0.15) is 26.9 Å². The molecule has 140 valence electrons. The molecule has 1 aliphatic heterocycles. The molecule has 1 aliphatic rings. The van der Waals surface area contributed by atoms with E-state index in [1.807, 2.05) is 47.4 Å². The minimum Gasteiger partial charge on any atom is -0.322 e. The van der Waals surface area contributed by atoms with E-state index in [0.29, 0.717) is 23.5 Å². The molecule has 0 spiro atoms. The third-order valence-corrected chi connectivity index (χ3v) is 5.80. The van der Waals surface area contributed by atoms with E-state index >= 15 is 0 Å². The van der Waals surface area contributed by atoms with Crippen molar-refractivity contribution in [3.8, 4) is 0 Å².